The Balaban J connectivity index is 2.12. The molecule has 0 aromatic heterocycles. The summed E-state index contributed by atoms with van der Waals surface area (Å²) in [7, 11) is 3.07. The Kier molecular flexibility index (Phi) is 5.59. The van der Waals surface area contributed by atoms with Gasteiger partial charge >= 0.3 is 5.97 Å². The van der Waals surface area contributed by atoms with Crippen molar-refractivity contribution in [3.8, 4) is 11.5 Å². The maximum atomic E-state index is 12.2. The highest BCUT2D eigenvalue weighted by Crippen LogP contribution is 2.28. The van der Waals surface area contributed by atoms with Crippen LogP contribution in [0.1, 0.15) is 5.56 Å². The molecule has 7 heteroatoms. The number of hydrogen-bond donors (Lipinski definition) is 1. The van der Waals surface area contributed by atoms with Crippen LogP contribution in [0.4, 0.5) is 0 Å². The third-order valence-electron chi connectivity index (χ3n) is 3.52. The number of carbonyl (C=O) groups is 2. The average Bonchev–Trinajstić information content (AvgIpc) is 2.59. The molecule has 1 aliphatic heterocycles. The molecule has 0 radical (unpaired) electrons. The highest BCUT2D eigenvalue weighted by Gasteiger charge is 2.31. The third kappa shape index (κ3) is 4.01. The van der Waals surface area contributed by atoms with Crippen LogP contribution in [0.25, 0.3) is 6.08 Å². The van der Waals surface area contributed by atoms with Gasteiger partial charge in [0.25, 0.3) is 0 Å². The minimum atomic E-state index is -1.07. The molecule has 1 unspecified atom stereocenters. The Labute approximate surface area is 134 Å². The summed E-state index contributed by atoms with van der Waals surface area (Å²) in [5, 5.41) is 9.14. The number of rotatable bonds is 5. The average molecular weight is 321 g/mol. The fourth-order valence-corrected chi connectivity index (χ4v) is 2.29. The van der Waals surface area contributed by atoms with E-state index in [-0.39, 0.29) is 19.1 Å². The monoisotopic (exact) mass is 321 g/mol. The van der Waals surface area contributed by atoms with Crippen molar-refractivity contribution < 1.29 is 28.9 Å². The molecule has 124 valence electrons. The van der Waals surface area contributed by atoms with Crippen LogP contribution in [0.15, 0.2) is 24.3 Å². The Hall–Kier alpha value is -2.54. The summed E-state index contributed by atoms with van der Waals surface area (Å²) in [6, 6.07) is 4.29. The van der Waals surface area contributed by atoms with Gasteiger partial charge in [-0.25, -0.2) is 4.79 Å². The molecule has 7 nitrogen and oxygen atoms in total. The first-order chi connectivity index (χ1) is 11.1. The lowest BCUT2D eigenvalue weighted by Crippen LogP contribution is -2.52. The van der Waals surface area contributed by atoms with Crippen LogP contribution < -0.4 is 9.47 Å². The second-order valence-electron chi connectivity index (χ2n) is 4.91. The van der Waals surface area contributed by atoms with E-state index < -0.39 is 12.0 Å². The maximum absolute atomic E-state index is 12.2. The number of nitrogens with zero attached hydrogens (tertiary/aromatic N) is 1. The van der Waals surface area contributed by atoms with Crippen molar-refractivity contribution in [3.63, 3.8) is 0 Å². The summed E-state index contributed by atoms with van der Waals surface area (Å²) in [5.41, 5.74) is 0.746. The van der Waals surface area contributed by atoms with E-state index in [1.165, 1.54) is 18.1 Å². The topological polar surface area (TPSA) is 85.3 Å². The van der Waals surface area contributed by atoms with Gasteiger partial charge in [0.1, 0.15) is 0 Å². The normalized spacial score (nSPS) is 18.0. The smallest absolute Gasteiger partial charge is 0.328 e. The molecule has 1 atom stereocenters. The van der Waals surface area contributed by atoms with Crippen LogP contribution in [0, 0.1) is 0 Å². The molecule has 0 aliphatic carbocycles. The highest BCUT2D eigenvalue weighted by atomic mass is 16.5. The van der Waals surface area contributed by atoms with Gasteiger partial charge in [0.05, 0.1) is 27.4 Å². The first-order valence-electron chi connectivity index (χ1n) is 7.08. The molecule has 0 spiro atoms. The van der Waals surface area contributed by atoms with Gasteiger partial charge in [-0.3, -0.25) is 4.79 Å². The standard InChI is InChI=1S/C16H19NO6/c1-21-13-5-3-11(9-14(13)22-2)4-6-15(18)17-7-8-23-10-12(17)16(19)20/h3-6,9,12H,7-8,10H2,1-2H3,(H,19,20). The largest absolute Gasteiger partial charge is 0.493 e. The molecule has 1 aromatic carbocycles. The van der Waals surface area contributed by atoms with Crippen molar-refractivity contribution in [2.75, 3.05) is 34.0 Å². The summed E-state index contributed by atoms with van der Waals surface area (Å²) in [6.45, 7) is 0.594. The first kappa shape index (κ1) is 16.8. The molecule has 0 saturated carbocycles. The van der Waals surface area contributed by atoms with Gasteiger partial charge in [0.15, 0.2) is 17.5 Å². The van der Waals surface area contributed by atoms with Gasteiger partial charge in [-0.05, 0) is 23.8 Å². The summed E-state index contributed by atoms with van der Waals surface area (Å²) >= 11 is 0. The second kappa shape index (κ2) is 7.64. The molecular weight excluding hydrogens is 302 g/mol. The molecule has 1 saturated heterocycles. The lowest BCUT2D eigenvalue weighted by atomic mass is 10.1. The summed E-state index contributed by atoms with van der Waals surface area (Å²) in [6.07, 6.45) is 2.96. The molecule has 1 amide bonds. The first-order valence-corrected chi connectivity index (χ1v) is 7.08. The fraction of sp³-hybridized carbons (Fsp3) is 0.375. The van der Waals surface area contributed by atoms with E-state index >= 15 is 0 Å². The van der Waals surface area contributed by atoms with E-state index in [9.17, 15) is 9.59 Å². The summed E-state index contributed by atoms with van der Waals surface area (Å²) < 4.78 is 15.5. The number of methoxy groups -OCH3 is 2. The zero-order valence-electron chi connectivity index (χ0n) is 13.0. The van der Waals surface area contributed by atoms with Crippen LogP contribution in [-0.2, 0) is 14.3 Å². The second-order valence-corrected chi connectivity index (χ2v) is 4.91. The van der Waals surface area contributed by atoms with Crippen molar-refractivity contribution in [3.05, 3.63) is 29.8 Å². The molecule has 1 N–H and O–H groups in total. The molecule has 23 heavy (non-hydrogen) atoms. The summed E-state index contributed by atoms with van der Waals surface area (Å²) in [5.74, 6) is -0.292. The number of benzene rings is 1. The Bertz CT molecular complexity index is 613. The van der Waals surface area contributed by atoms with E-state index in [0.717, 1.165) is 5.56 Å². The van der Waals surface area contributed by atoms with E-state index in [1.807, 2.05) is 0 Å². The van der Waals surface area contributed by atoms with Gasteiger partial charge in [0, 0.05) is 12.6 Å². The van der Waals surface area contributed by atoms with Crippen molar-refractivity contribution in [1.29, 1.82) is 0 Å². The van der Waals surface area contributed by atoms with Crippen molar-refractivity contribution >= 4 is 18.0 Å². The Morgan fingerprint density at radius 1 is 1.30 bits per heavy atom. The number of amides is 1. The van der Waals surface area contributed by atoms with Crippen LogP contribution >= 0.6 is 0 Å². The summed E-state index contributed by atoms with van der Waals surface area (Å²) in [4.78, 5) is 24.7. The number of ether oxygens (including phenoxy) is 3. The number of carboxylic acids is 1. The highest BCUT2D eigenvalue weighted by molar-refractivity contribution is 5.94. The van der Waals surface area contributed by atoms with Crippen molar-refractivity contribution in [2.24, 2.45) is 0 Å². The number of hydrogen-bond acceptors (Lipinski definition) is 5. The van der Waals surface area contributed by atoms with E-state index in [2.05, 4.69) is 0 Å². The zero-order valence-corrected chi connectivity index (χ0v) is 13.0. The third-order valence-corrected chi connectivity index (χ3v) is 3.52. The Morgan fingerprint density at radius 2 is 2.04 bits per heavy atom. The van der Waals surface area contributed by atoms with Gasteiger partial charge in [0.2, 0.25) is 5.91 Å². The lowest BCUT2D eigenvalue weighted by molar-refractivity contribution is -0.156. The van der Waals surface area contributed by atoms with Gasteiger partial charge in [-0.2, -0.15) is 0 Å². The Morgan fingerprint density at radius 3 is 2.70 bits per heavy atom. The van der Waals surface area contributed by atoms with Gasteiger partial charge < -0.3 is 24.2 Å². The van der Waals surface area contributed by atoms with Crippen LogP contribution in [0.5, 0.6) is 11.5 Å². The molecule has 0 bridgehead atoms. The predicted octanol–water partition coefficient (Wildman–Crippen LogP) is 1.03. The molecular formula is C16H19NO6. The number of carboxylic acid groups (broad SMARTS) is 1. The quantitative estimate of drug-likeness (QED) is 0.815. The fourth-order valence-electron chi connectivity index (χ4n) is 2.29. The lowest BCUT2D eigenvalue weighted by Gasteiger charge is -2.31. The zero-order chi connectivity index (χ0) is 16.8. The molecule has 2 rings (SSSR count). The van der Waals surface area contributed by atoms with Gasteiger partial charge in [-0.1, -0.05) is 6.07 Å². The van der Waals surface area contributed by atoms with Crippen LogP contribution in [0.2, 0.25) is 0 Å². The van der Waals surface area contributed by atoms with Gasteiger partial charge in [-0.15, -0.1) is 0 Å². The molecule has 1 aliphatic rings. The van der Waals surface area contributed by atoms with Crippen molar-refractivity contribution in [1.82, 2.24) is 4.90 Å². The maximum Gasteiger partial charge on any atom is 0.328 e. The number of carbonyl (C=O) groups excluding carboxylic acids is 1. The van der Waals surface area contributed by atoms with Crippen LogP contribution in [-0.4, -0.2) is 61.9 Å². The minimum Gasteiger partial charge on any atom is -0.493 e. The number of morpholine rings is 1. The number of aliphatic carboxylic acids is 1. The molecule has 1 aromatic rings. The predicted molar refractivity (Wildman–Crippen MR) is 82.5 cm³/mol. The van der Waals surface area contributed by atoms with E-state index in [1.54, 1.807) is 31.4 Å². The van der Waals surface area contributed by atoms with E-state index in [0.29, 0.717) is 18.1 Å². The molecule has 1 fully saturated rings. The minimum absolute atomic E-state index is 0.00523. The van der Waals surface area contributed by atoms with Crippen molar-refractivity contribution in [2.45, 2.75) is 6.04 Å². The molecule has 1 heterocycles. The van der Waals surface area contributed by atoms with Crippen LogP contribution in [0.3, 0.4) is 0 Å². The van der Waals surface area contributed by atoms with E-state index in [4.69, 9.17) is 19.3 Å². The SMILES string of the molecule is COc1ccc(C=CC(=O)N2CCOCC2C(=O)O)cc1OC.